The zero-order chi connectivity index (χ0) is 19.8. The fourth-order valence-electron chi connectivity index (χ4n) is 3.48. The highest BCUT2D eigenvalue weighted by molar-refractivity contribution is 6.55. The molecule has 0 amide bonds. The maximum Gasteiger partial charge on any atom is 0.305 e. The van der Waals surface area contributed by atoms with Gasteiger partial charge in [0.15, 0.2) is 11.6 Å². The molecule has 0 fully saturated rings. The molecule has 2 aromatic carbocycles. The molecule has 0 heterocycles. The van der Waals surface area contributed by atoms with Gasteiger partial charge in [-0.1, -0.05) is 44.1 Å². The number of fused-ring (bicyclic) bond motifs is 3. The van der Waals surface area contributed by atoms with Crippen molar-refractivity contribution in [2.45, 2.75) is 51.2 Å². The number of halogens is 4. The lowest BCUT2D eigenvalue weighted by Crippen LogP contribution is -2.16. The molecule has 0 unspecified atom stereocenters. The first-order valence-electron chi connectivity index (χ1n) is 9.17. The van der Waals surface area contributed by atoms with E-state index in [9.17, 15) is 17.6 Å². The molecule has 0 aromatic heterocycles. The average molecular weight is 395 g/mol. The first-order valence-corrected chi connectivity index (χ1v) is 11.9. The largest absolute Gasteiger partial charge is 0.491 e. The molecule has 2 aromatic rings. The van der Waals surface area contributed by atoms with Crippen LogP contribution in [-0.2, 0) is 5.92 Å². The van der Waals surface area contributed by atoms with Crippen molar-refractivity contribution in [2.24, 2.45) is 0 Å². The number of rotatable bonds is 7. The Kier molecular flexibility index (Phi) is 5.65. The number of hydrogen-bond donors (Lipinski definition) is 0. The van der Waals surface area contributed by atoms with Crippen LogP contribution in [0.5, 0.6) is 5.75 Å². The molecule has 1 radical (unpaired) electrons. The number of alkyl halides is 2. The molecule has 0 saturated carbocycles. The van der Waals surface area contributed by atoms with Gasteiger partial charge in [-0.2, -0.15) is 8.78 Å². The molecule has 3 rings (SSSR count). The van der Waals surface area contributed by atoms with Crippen LogP contribution in [0.4, 0.5) is 17.6 Å². The molecule has 0 N–H and O–H groups in total. The smallest absolute Gasteiger partial charge is 0.305 e. The lowest BCUT2D eigenvalue weighted by molar-refractivity contribution is 0.0397. The normalized spacial score (nSPS) is 14.4. The summed E-state index contributed by atoms with van der Waals surface area (Å²) in [6, 6.07) is 6.82. The second kappa shape index (κ2) is 7.66. The Labute approximate surface area is 159 Å². The Morgan fingerprint density at radius 3 is 2.19 bits per heavy atom. The highest BCUT2D eigenvalue weighted by Gasteiger charge is 2.49. The van der Waals surface area contributed by atoms with Gasteiger partial charge in [0.2, 0.25) is 0 Å². The van der Waals surface area contributed by atoms with Crippen molar-refractivity contribution in [3.05, 3.63) is 52.6 Å². The molecule has 0 spiro atoms. The maximum absolute atomic E-state index is 14.8. The Morgan fingerprint density at radius 2 is 1.52 bits per heavy atom. The molecule has 1 nitrogen and oxygen atoms in total. The Hall–Kier alpha value is -1.82. The van der Waals surface area contributed by atoms with E-state index in [-0.39, 0.29) is 37.8 Å². The van der Waals surface area contributed by atoms with Gasteiger partial charge in [-0.05, 0) is 42.2 Å². The summed E-state index contributed by atoms with van der Waals surface area (Å²) in [5.74, 6) is -6.00. The van der Waals surface area contributed by atoms with Gasteiger partial charge in [-0.15, -0.1) is 0 Å². The fourth-order valence-corrected chi connectivity index (χ4v) is 4.43. The molecule has 27 heavy (non-hydrogen) atoms. The zero-order valence-electron chi connectivity index (χ0n) is 15.8. The molecule has 0 aliphatic heterocycles. The van der Waals surface area contributed by atoms with E-state index in [4.69, 9.17) is 4.74 Å². The Morgan fingerprint density at radius 1 is 0.889 bits per heavy atom. The predicted molar refractivity (Wildman–Crippen MR) is 101 cm³/mol. The van der Waals surface area contributed by atoms with Crippen molar-refractivity contribution in [3.63, 3.8) is 0 Å². The summed E-state index contributed by atoms with van der Waals surface area (Å²) in [5.41, 5.74) is -1.35. The molecular formula is C21H23F4OSi. The van der Waals surface area contributed by atoms with Crippen molar-refractivity contribution >= 4 is 8.80 Å². The van der Waals surface area contributed by atoms with E-state index in [1.165, 1.54) is 37.2 Å². The number of benzene rings is 2. The van der Waals surface area contributed by atoms with E-state index < -0.39 is 28.7 Å². The van der Waals surface area contributed by atoms with Gasteiger partial charge >= 0.3 is 5.92 Å². The van der Waals surface area contributed by atoms with Crippen molar-refractivity contribution in [2.75, 3.05) is 6.61 Å². The third kappa shape index (κ3) is 3.64. The fraction of sp³-hybridized carbons (Fsp3) is 0.429. The summed E-state index contributed by atoms with van der Waals surface area (Å²) in [7, 11) is -0.247. The van der Waals surface area contributed by atoms with E-state index in [0.29, 0.717) is 0 Å². The van der Waals surface area contributed by atoms with Crippen LogP contribution < -0.4 is 4.74 Å². The van der Waals surface area contributed by atoms with Crippen LogP contribution in [0.25, 0.3) is 11.1 Å². The molecule has 1 aliphatic rings. The van der Waals surface area contributed by atoms with Crippen LogP contribution in [-0.4, -0.2) is 15.4 Å². The van der Waals surface area contributed by atoms with Crippen LogP contribution in [0.15, 0.2) is 24.3 Å². The standard InChI is InChI=1S/C21H23F4OSi/c1-13-7-8-14-15-9-10-16(26-11-5-4-6-12-27(2)3)20(23)18(15)21(24,25)17(14)19(13)22/h7-10H,4-6,11-12H2,1-3H3. The van der Waals surface area contributed by atoms with Crippen molar-refractivity contribution < 1.29 is 22.3 Å². The SMILES string of the molecule is Cc1ccc2c(c1F)C(F)(F)c1c-2ccc(OCCCCC[Si](C)C)c1F. The van der Waals surface area contributed by atoms with Gasteiger partial charge in [0.25, 0.3) is 0 Å². The van der Waals surface area contributed by atoms with Gasteiger partial charge in [0.05, 0.1) is 17.7 Å². The van der Waals surface area contributed by atoms with Gasteiger partial charge in [0, 0.05) is 8.80 Å². The highest BCUT2D eigenvalue weighted by Crippen LogP contribution is 2.54. The molecule has 6 heteroatoms. The van der Waals surface area contributed by atoms with Gasteiger partial charge in [-0.25, -0.2) is 8.78 Å². The zero-order valence-corrected chi connectivity index (χ0v) is 16.8. The van der Waals surface area contributed by atoms with Crippen LogP contribution >= 0.6 is 0 Å². The Balaban J connectivity index is 1.80. The van der Waals surface area contributed by atoms with Crippen molar-refractivity contribution in [1.82, 2.24) is 0 Å². The predicted octanol–water partition coefficient (Wildman–Crippen LogP) is 6.70. The van der Waals surface area contributed by atoms with Crippen LogP contribution in [0.3, 0.4) is 0 Å². The first-order chi connectivity index (χ1) is 12.7. The van der Waals surface area contributed by atoms with Crippen molar-refractivity contribution in [3.8, 4) is 16.9 Å². The van der Waals surface area contributed by atoms with Gasteiger partial charge < -0.3 is 4.74 Å². The molecule has 0 atom stereocenters. The summed E-state index contributed by atoms with van der Waals surface area (Å²) >= 11 is 0. The molecule has 0 bridgehead atoms. The second-order valence-electron chi connectivity index (χ2n) is 7.36. The molecule has 0 saturated heterocycles. The summed E-state index contributed by atoms with van der Waals surface area (Å²) in [6.07, 6.45) is 2.81. The van der Waals surface area contributed by atoms with Gasteiger partial charge in [-0.3, -0.25) is 0 Å². The number of aryl methyl sites for hydroxylation is 1. The van der Waals surface area contributed by atoms with E-state index in [2.05, 4.69) is 13.1 Å². The molecule has 145 valence electrons. The number of unbranched alkanes of at least 4 members (excludes halogenated alkanes) is 2. The minimum Gasteiger partial charge on any atom is -0.491 e. The summed E-state index contributed by atoms with van der Waals surface area (Å²) in [5, 5.41) is 0. The molecular weight excluding hydrogens is 372 g/mol. The monoisotopic (exact) mass is 395 g/mol. The van der Waals surface area contributed by atoms with Crippen molar-refractivity contribution in [1.29, 1.82) is 0 Å². The van der Waals surface area contributed by atoms with E-state index in [1.807, 2.05) is 0 Å². The minimum absolute atomic E-state index is 0.0271. The third-order valence-corrected chi connectivity index (χ3v) is 6.29. The lowest BCUT2D eigenvalue weighted by atomic mass is 10.0. The van der Waals surface area contributed by atoms with E-state index >= 15 is 0 Å². The lowest BCUT2D eigenvalue weighted by Gasteiger charge is -2.16. The topological polar surface area (TPSA) is 9.23 Å². The second-order valence-corrected chi connectivity index (χ2v) is 10.3. The number of ether oxygens (including phenoxy) is 1. The summed E-state index contributed by atoms with van der Waals surface area (Å²) < 4.78 is 64.3. The van der Waals surface area contributed by atoms with Crippen LogP contribution in [0, 0.1) is 18.6 Å². The Bertz CT molecular complexity index is 849. The third-order valence-electron chi connectivity index (χ3n) is 4.94. The van der Waals surface area contributed by atoms with Gasteiger partial charge in [0.1, 0.15) is 5.82 Å². The molecule has 1 aliphatic carbocycles. The average Bonchev–Trinajstić information content (AvgIpc) is 2.83. The maximum atomic E-state index is 14.8. The minimum atomic E-state index is -3.72. The summed E-state index contributed by atoms with van der Waals surface area (Å²) in [6.45, 7) is 6.20. The number of hydrogen-bond acceptors (Lipinski definition) is 1. The summed E-state index contributed by atoms with van der Waals surface area (Å²) in [4.78, 5) is 0. The highest BCUT2D eigenvalue weighted by atomic mass is 28.3. The quantitative estimate of drug-likeness (QED) is 0.288. The first kappa shape index (κ1) is 19.9. The van der Waals surface area contributed by atoms with E-state index in [0.717, 1.165) is 19.3 Å². The van der Waals surface area contributed by atoms with E-state index in [1.54, 1.807) is 0 Å². The van der Waals surface area contributed by atoms with Crippen LogP contribution in [0.2, 0.25) is 19.1 Å². The van der Waals surface area contributed by atoms with Crippen LogP contribution in [0.1, 0.15) is 36.0 Å².